The summed E-state index contributed by atoms with van der Waals surface area (Å²) < 4.78 is 46.1. The largest absolute Gasteiger partial charge is 0.453 e. The molecule has 0 unspecified atom stereocenters. The third kappa shape index (κ3) is 3.46. The maximum absolute atomic E-state index is 13.1. The highest BCUT2D eigenvalue weighted by atomic mass is 32.2. The molecule has 27 heavy (non-hydrogen) atoms. The van der Waals surface area contributed by atoms with Crippen LogP contribution in [0.5, 0.6) is 0 Å². The maximum Gasteiger partial charge on any atom is 0.453 e. The molecule has 1 aliphatic rings. The van der Waals surface area contributed by atoms with Crippen LogP contribution in [-0.4, -0.2) is 56.3 Å². The number of ether oxygens (including phenoxy) is 1. The Hall–Kier alpha value is -1.99. The van der Waals surface area contributed by atoms with Crippen LogP contribution in [0.1, 0.15) is 17.0 Å². The molecule has 0 atom stereocenters. The van der Waals surface area contributed by atoms with Crippen molar-refractivity contribution in [3.63, 3.8) is 0 Å². The van der Waals surface area contributed by atoms with Crippen LogP contribution in [0.4, 0.5) is 18.3 Å². The molecule has 4 heterocycles. The summed E-state index contributed by atoms with van der Waals surface area (Å²) in [6, 6.07) is 0. The van der Waals surface area contributed by atoms with E-state index in [0.29, 0.717) is 28.1 Å². The molecule has 0 saturated carbocycles. The molecular weight excluding hydrogens is 403 g/mol. The number of nitrogens with zero attached hydrogens (tertiary/aromatic N) is 7. The van der Waals surface area contributed by atoms with Crippen molar-refractivity contribution in [2.24, 2.45) is 0 Å². The van der Waals surface area contributed by atoms with Gasteiger partial charge in [-0.15, -0.1) is 20.4 Å². The number of rotatable bonds is 3. The molecule has 144 valence electrons. The monoisotopic (exact) mass is 417 g/mol. The fourth-order valence-electron chi connectivity index (χ4n) is 2.58. The number of halogens is 3. The van der Waals surface area contributed by atoms with Gasteiger partial charge < -0.3 is 9.64 Å². The van der Waals surface area contributed by atoms with E-state index in [0.717, 1.165) is 28.3 Å². The lowest BCUT2D eigenvalue weighted by atomic mass is 10.2. The number of aryl methyl sites for hydroxylation is 1. The molecule has 1 fully saturated rings. The minimum Gasteiger partial charge on any atom is -0.378 e. The summed E-state index contributed by atoms with van der Waals surface area (Å²) >= 11 is 2.56. The molecule has 1 saturated heterocycles. The van der Waals surface area contributed by atoms with E-state index < -0.39 is 12.0 Å². The zero-order chi connectivity index (χ0) is 19.2. The third-order valence-electron chi connectivity index (χ3n) is 4.17. The van der Waals surface area contributed by atoms with Crippen LogP contribution in [0.25, 0.3) is 5.65 Å². The number of hydrogen-bond acceptors (Lipinski definition) is 9. The fourth-order valence-corrected chi connectivity index (χ4v) is 4.52. The second kappa shape index (κ2) is 6.87. The Morgan fingerprint density at radius 2 is 1.78 bits per heavy atom. The van der Waals surface area contributed by atoms with Gasteiger partial charge in [0.1, 0.15) is 5.03 Å². The molecule has 0 N–H and O–H groups in total. The van der Waals surface area contributed by atoms with Crippen molar-refractivity contribution in [3.05, 3.63) is 17.0 Å². The molecule has 13 heteroatoms. The standard InChI is InChI=1S/C14H14F3N7OS2/c1-7-8(2)10(22-24-9(7)18-19-11(24)14(15,16)17)26-13-21-20-12(27-13)23-3-5-25-6-4-23/h3-6H2,1-2H3. The maximum atomic E-state index is 13.1. The summed E-state index contributed by atoms with van der Waals surface area (Å²) in [6.45, 7) is 6.22. The van der Waals surface area contributed by atoms with Crippen LogP contribution in [0, 0.1) is 13.8 Å². The lowest BCUT2D eigenvalue weighted by molar-refractivity contribution is -0.146. The Morgan fingerprint density at radius 1 is 1.04 bits per heavy atom. The second-order valence-corrected chi connectivity index (χ2v) is 8.06. The molecular formula is C14H14F3N7OS2. The smallest absolute Gasteiger partial charge is 0.378 e. The van der Waals surface area contributed by atoms with Gasteiger partial charge in [0.15, 0.2) is 9.99 Å². The molecule has 8 nitrogen and oxygen atoms in total. The van der Waals surface area contributed by atoms with Gasteiger partial charge in [-0.3, -0.25) is 0 Å². The predicted molar refractivity (Wildman–Crippen MR) is 92.3 cm³/mol. The number of aromatic nitrogens is 6. The van der Waals surface area contributed by atoms with Crippen molar-refractivity contribution in [2.45, 2.75) is 29.4 Å². The summed E-state index contributed by atoms with van der Waals surface area (Å²) in [5.41, 5.74) is 1.42. The Kier molecular flexibility index (Phi) is 4.68. The third-order valence-corrected chi connectivity index (χ3v) is 6.28. The number of alkyl halides is 3. The first-order chi connectivity index (χ1) is 12.8. The lowest BCUT2D eigenvalue weighted by Gasteiger charge is -2.25. The Labute approximate surface area is 159 Å². The molecule has 0 aromatic carbocycles. The van der Waals surface area contributed by atoms with Gasteiger partial charge in [-0.25, -0.2) is 0 Å². The number of hydrogen-bond donors (Lipinski definition) is 0. The van der Waals surface area contributed by atoms with Crippen LogP contribution in [0.15, 0.2) is 9.37 Å². The topological polar surface area (TPSA) is 81.3 Å². The highest BCUT2D eigenvalue weighted by Crippen LogP contribution is 2.36. The van der Waals surface area contributed by atoms with Gasteiger partial charge in [-0.2, -0.15) is 22.8 Å². The number of anilines is 1. The molecule has 4 rings (SSSR count). The minimum atomic E-state index is -4.64. The van der Waals surface area contributed by atoms with Gasteiger partial charge in [0.2, 0.25) is 5.13 Å². The summed E-state index contributed by atoms with van der Waals surface area (Å²) in [6.07, 6.45) is -4.64. The van der Waals surface area contributed by atoms with E-state index in [1.165, 1.54) is 23.1 Å². The van der Waals surface area contributed by atoms with E-state index in [1.807, 2.05) is 0 Å². The van der Waals surface area contributed by atoms with Crippen molar-refractivity contribution in [3.8, 4) is 0 Å². The van der Waals surface area contributed by atoms with E-state index in [1.54, 1.807) is 13.8 Å². The van der Waals surface area contributed by atoms with Gasteiger partial charge >= 0.3 is 6.18 Å². The summed E-state index contributed by atoms with van der Waals surface area (Å²) in [5.74, 6) is -1.14. The van der Waals surface area contributed by atoms with Crippen molar-refractivity contribution < 1.29 is 17.9 Å². The van der Waals surface area contributed by atoms with E-state index >= 15 is 0 Å². The van der Waals surface area contributed by atoms with Gasteiger partial charge in [-0.05, 0) is 31.2 Å². The van der Waals surface area contributed by atoms with Gasteiger partial charge in [-0.1, -0.05) is 11.3 Å². The molecule has 0 aliphatic carbocycles. The Bertz CT molecular complexity index is 981. The molecule has 3 aromatic rings. The minimum absolute atomic E-state index is 0.0930. The number of morpholine rings is 1. The van der Waals surface area contributed by atoms with Gasteiger partial charge in [0, 0.05) is 18.7 Å². The molecule has 0 radical (unpaired) electrons. The van der Waals surface area contributed by atoms with Crippen LogP contribution >= 0.6 is 23.1 Å². The molecule has 0 spiro atoms. The predicted octanol–water partition coefficient (Wildman–Crippen LogP) is 2.60. The van der Waals surface area contributed by atoms with E-state index in [4.69, 9.17) is 4.74 Å². The zero-order valence-electron chi connectivity index (χ0n) is 14.3. The quantitative estimate of drug-likeness (QED) is 0.643. The first-order valence-corrected chi connectivity index (χ1v) is 9.62. The van der Waals surface area contributed by atoms with Gasteiger partial charge in [0.05, 0.1) is 13.2 Å². The highest BCUT2D eigenvalue weighted by molar-refractivity contribution is 8.01. The molecule has 3 aromatic heterocycles. The second-order valence-electron chi connectivity index (χ2n) is 5.86. The molecule has 0 amide bonds. The van der Waals surface area contributed by atoms with Crippen molar-refractivity contribution >= 4 is 33.9 Å². The van der Waals surface area contributed by atoms with Crippen LogP contribution < -0.4 is 4.90 Å². The highest BCUT2D eigenvalue weighted by Gasteiger charge is 2.38. The SMILES string of the molecule is Cc1c(Sc2nnc(N3CCOCC3)s2)nn2c(C(F)(F)F)nnc2c1C. The van der Waals surface area contributed by atoms with E-state index in [2.05, 4.69) is 30.4 Å². The first-order valence-electron chi connectivity index (χ1n) is 7.98. The summed E-state index contributed by atoms with van der Waals surface area (Å²) in [4.78, 5) is 2.07. The molecule has 1 aliphatic heterocycles. The van der Waals surface area contributed by atoms with Crippen molar-refractivity contribution in [1.29, 1.82) is 0 Å². The normalized spacial score (nSPS) is 15.7. The average molecular weight is 417 g/mol. The van der Waals surface area contributed by atoms with E-state index in [-0.39, 0.29) is 5.65 Å². The summed E-state index contributed by atoms with van der Waals surface area (Å²) in [5, 5.41) is 20.5. The molecule has 0 bridgehead atoms. The Balaban J connectivity index is 1.67. The fraction of sp³-hybridized carbons (Fsp3) is 0.500. The van der Waals surface area contributed by atoms with Crippen LogP contribution in [0.2, 0.25) is 0 Å². The van der Waals surface area contributed by atoms with Gasteiger partial charge in [0.25, 0.3) is 5.82 Å². The lowest BCUT2D eigenvalue weighted by Crippen LogP contribution is -2.36. The first kappa shape index (κ1) is 18.4. The van der Waals surface area contributed by atoms with Crippen molar-refractivity contribution in [1.82, 2.24) is 30.0 Å². The van der Waals surface area contributed by atoms with Crippen LogP contribution in [0.3, 0.4) is 0 Å². The average Bonchev–Trinajstić information content (AvgIpc) is 3.27. The summed E-state index contributed by atoms with van der Waals surface area (Å²) in [7, 11) is 0. The van der Waals surface area contributed by atoms with Crippen LogP contribution in [-0.2, 0) is 10.9 Å². The zero-order valence-corrected chi connectivity index (χ0v) is 16.0. The van der Waals surface area contributed by atoms with E-state index in [9.17, 15) is 13.2 Å². The number of fused-ring (bicyclic) bond motifs is 1. The Morgan fingerprint density at radius 3 is 2.48 bits per heavy atom. The van der Waals surface area contributed by atoms with Crippen molar-refractivity contribution in [2.75, 3.05) is 31.2 Å².